The number of aliphatic hydroxyl groups is 1. The van der Waals surface area contributed by atoms with E-state index in [9.17, 15) is 9.90 Å². The number of nitrogens with one attached hydrogen (secondary N) is 1. The van der Waals surface area contributed by atoms with Gasteiger partial charge in [0, 0.05) is 24.5 Å². The normalized spacial score (nSPS) is 13.4. The number of rotatable bonds is 6. The van der Waals surface area contributed by atoms with Gasteiger partial charge in [-0.3, -0.25) is 9.78 Å². The van der Waals surface area contributed by atoms with E-state index in [1.807, 2.05) is 26.8 Å². The molecule has 1 aromatic carbocycles. The van der Waals surface area contributed by atoms with Crippen LogP contribution in [0.4, 0.5) is 0 Å². The Morgan fingerprint density at radius 2 is 1.96 bits per heavy atom. The van der Waals surface area contributed by atoms with Crippen LogP contribution in [0.1, 0.15) is 36.7 Å². The first-order valence-electron chi connectivity index (χ1n) is 7.98. The van der Waals surface area contributed by atoms with E-state index in [1.165, 1.54) is 0 Å². The zero-order valence-corrected chi connectivity index (χ0v) is 14.5. The predicted molar refractivity (Wildman–Crippen MR) is 93.3 cm³/mol. The molecule has 1 unspecified atom stereocenters. The van der Waals surface area contributed by atoms with Crippen molar-refractivity contribution in [1.82, 2.24) is 10.3 Å². The maximum absolute atomic E-state index is 12.3. The van der Waals surface area contributed by atoms with E-state index in [4.69, 9.17) is 4.74 Å². The Morgan fingerprint density at radius 3 is 2.58 bits per heavy atom. The number of hydrogen-bond donors (Lipinski definition) is 2. The largest absolute Gasteiger partial charge is 0.457 e. The molecule has 0 aliphatic carbocycles. The van der Waals surface area contributed by atoms with Crippen LogP contribution in [0.3, 0.4) is 0 Å². The second kappa shape index (κ2) is 7.45. The molecular weight excluding hydrogens is 304 g/mol. The van der Waals surface area contributed by atoms with Gasteiger partial charge in [-0.1, -0.05) is 19.9 Å². The number of carbonyl (C=O) groups is 1. The summed E-state index contributed by atoms with van der Waals surface area (Å²) in [5.74, 6) is 1.08. The number of aromatic nitrogens is 1. The fourth-order valence-corrected chi connectivity index (χ4v) is 1.95. The summed E-state index contributed by atoms with van der Waals surface area (Å²) in [5.41, 5.74) is 0.471. The van der Waals surface area contributed by atoms with Crippen LogP contribution in [-0.2, 0) is 0 Å². The summed E-state index contributed by atoms with van der Waals surface area (Å²) in [4.78, 5) is 16.3. The molecule has 2 aromatic rings. The van der Waals surface area contributed by atoms with E-state index in [0.29, 0.717) is 17.1 Å². The molecule has 0 aliphatic heterocycles. The van der Waals surface area contributed by atoms with Crippen molar-refractivity contribution in [3.8, 4) is 11.5 Å². The van der Waals surface area contributed by atoms with Crippen LogP contribution in [0.2, 0.25) is 0 Å². The third-order valence-corrected chi connectivity index (χ3v) is 4.18. The van der Waals surface area contributed by atoms with Gasteiger partial charge < -0.3 is 15.2 Å². The van der Waals surface area contributed by atoms with Gasteiger partial charge in [0.25, 0.3) is 5.91 Å². The van der Waals surface area contributed by atoms with Crippen LogP contribution in [0.5, 0.6) is 11.5 Å². The standard InChI is InChI=1S/C19H24N2O3/c1-13(2)19(4,23)12-21-18(22)15-6-5-14(3)17(11-15)24-16-7-9-20-10-8-16/h5-11,13,23H,12H2,1-4H3,(H,21,22). The molecule has 24 heavy (non-hydrogen) atoms. The van der Waals surface area contributed by atoms with Crippen LogP contribution >= 0.6 is 0 Å². The third kappa shape index (κ3) is 4.55. The number of carbonyl (C=O) groups excluding carboxylic acids is 1. The summed E-state index contributed by atoms with van der Waals surface area (Å²) in [7, 11) is 0. The Hall–Kier alpha value is -2.40. The fourth-order valence-electron chi connectivity index (χ4n) is 1.95. The number of pyridine rings is 1. The first-order chi connectivity index (χ1) is 11.3. The van der Waals surface area contributed by atoms with Crippen LogP contribution in [0.25, 0.3) is 0 Å². The van der Waals surface area contributed by atoms with Gasteiger partial charge in [-0.15, -0.1) is 0 Å². The van der Waals surface area contributed by atoms with Gasteiger partial charge in [0.2, 0.25) is 0 Å². The van der Waals surface area contributed by atoms with Gasteiger partial charge in [0.15, 0.2) is 0 Å². The van der Waals surface area contributed by atoms with Crippen molar-refractivity contribution in [1.29, 1.82) is 0 Å². The van der Waals surface area contributed by atoms with E-state index in [1.54, 1.807) is 43.6 Å². The lowest BCUT2D eigenvalue weighted by Gasteiger charge is -2.27. The highest BCUT2D eigenvalue weighted by Gasteiger charge is 2.25. The monoisotopic (exact) mass is 328 g/mol. The lowest BCUT2D eigenvalue weighted by molar-refractivity contribution is 0.0142. The summed E-state index contributed by atoms with van der Waals surface area (Å²) < 4.78 is 5.81. The molecule has 0 aliphatic rings. The number of hydrogen-bond acceptors (Lipinski definition) is 4. The molecule has 1 aromatic heterocycles. The second-order valence-corrected chi connectivity index (χ2v) is 6.46. The lowest BCUT2D eigenvalue weighted by Crippen LogP contribution is -2.44. The highest BCUT2D eigenvalue weighted by atomic mass is 16.5. The molecule has 0 radical (unpaired) electrons. The summed E-state index contributed by atoms with van der Waals surface area (Å²) >= 11 is 0. The van der Waals surface area contributed by atoms with Gasteiger partial charge in [-0.2, -0.15) is 0 Å². The molecule has 0 saturated carbocycles. The van der Waals surface area contributed by atoms with Crippen LogP contribution < -0.4 is 10.1 Å². The van der Waals surface area contributed by atoms with Crippen molar-refractivity contribution in [3.05, 3.63) is 53.9 Å². The molecule has 0 saturated heterocycles. The molecule has 0 bridgehead atoms. The second-order valence-electron chi connectivity index (χ2n) is 6.46. The van der Waals surface area contributed by atoms with Crippen molar-refractivity contribution in [2.24, 2.45) is 5.92 Å². The molecule has 1 amide bonds. The third-order valence-electron chi connectivity index (χ3n) is 4.18. The van der Waals surface area contributed by atoms with E-state index >= 15 is 0 Å². The number of nitrogens with zero attached hydrogens (tertiary/aromatic N) is 1. The summed E-state index contributed by atoms with van der Waals surface area (Å²) in [6, 6.07) is 8.80. The van der Waals surface area contributed by atoms with E-state index in [-0.39, 0.29) is 18.4 Å². The number of ether oxygens (including phenoxy) is 1. The highest BCUT2D eigenvalue weighted by Crippen LogP contribution is 2.25. The maximum Gasteiger partial charge on any atom is 0.251 e. The minimum Gasteiger partial charge on any atom is -0.457 e. The SMILES string of the molecule is Cc1ccc(C(=O)NCC(C)(O)C(C)C)cc1Oc1ccncc1. The highest BCUT2D eigenvalue weighted by molar-refractivity contribution is 5.94. The molecule has 0 spiro atoms. The Labute approximate surface area is 142 Å². The molecular formula is C19H24N2O3. The van der Waals surface area contributed by atoms with Gasteiger partial charge in [0.1, 0.15) is 11.5 Å². The summed E-state index contributed by atoms with van der Waals surface area (Å²) in [6.07, 6.45) is 3.30. The Balaban J connectivity index is 2.11. The zero-order chi connectivity index (χ0) is 17.7. The Bertz CT molecular complexity index is 697. The van der Waals surface area contributed by atoms with Gasteiger partial charge in [0.05, 0.1) is 5.60 Å². The number of aryl methyl sites for hydroxylation is 1. The van der Waals surface area contributed by atoms with Crippen molar-refractivity contribution >= 4 is 5.91 Å². The zero-order valence-electron chi connectivity index (χ0n) is 14.5. The average molecular weight is 328 g/mol. The van der Waals surface area contributed by atoms with Crippen molar-refractivity contribution in [2.75, 3.05) is 6.54 Å². The molecule has 1 atom stereocenters. The van der Waals surface area contributed by atoms with E-state index < -0.39 is 5.60 Å². The summed E-state index contributed by atoms with van der Waals surface area (Å²) in [5, 5.41) is 13.0. The van der Waals surface area contributed by atoms with Gasteiger partial charge >= 0.3 is 0 Å². The topological polar surface area (TPSA) is 71.5 Å². The summed E-state index contributed by atoms with van der Waals surface area (Å²) in [6.45, 7) is 7.65. The molecule has 2 rings (SSSR count). The Kier molecular flexibility index (Phi) is 5.57. The minimum absolute atomic E-state index is 0.0430. The van der Waals surface area contributed by atoms with E-state index in [2.05, 4.69) is 10.3 Å². The molecule has 128 valence electrons. The maximum atomic E-state index is 12.3. The first kappa shape index (κ1) is 17.9. The predicted octanol–water partition coefficient (Wildman–Crippen LogP) is 3.32. The van der Waals surface area contributed by atoms with Crippen molar-refractivity contribution < 1.29 is 14.6 Å². The van der Waals surface area contributed by atoms with Crippen LogP contribution in [0.15, 0.2) is 42.7 Å². The molecule has 5 nitrogen and oxygen atoms in total. The number of amides is 1. The minimum atomic E-state index is -0.948. The van der Waals surface area contributed by atoms with Crippen molar-refractivity contribution in [2.45, 2.75) is 33.3 Å². The van der Waals surface area contributed by atoms with Gasteiger partial charge in [-0.05, 0) is 49.6 Å². The molecule has 1 heterocycles. The van der Waals surface area contributed by atoms with E-state index in [0.717, 1.165) is 5.56 Å². The lowest BCUT2D eigenvalue weighted by atomic mass is 9.92. The smallest absolute Gasteiger partial charge is 0.251 e. The average Bonchev–Trinajstić information content (AvgIpc) is 2.55. The van der Waals surface area contributed by atoms with Crippen LogP contribution in [0, 0.1) is 12.8 Å². The number of benzene rings is 1. The molecule has 2 N–H and O–H groups in total. The molecule has 0 fully saturated rings. The Morgan fingerprint density at radius 1 is 1.29 bits per heavy atom. The fraction of sp³-hybridized carbons (Fsp3) is 0.368. The van der Waals surface area contributed by atoms with Crippen LogP contribution in [-0.4, -0.2) is 28.1 Å². The van der Waals surface area contributed by atoms with Gasteiger partial charge in [-0.25, -0.2) is 0 Å². The quantitative estimate of drug-likeness (QED) is 0.853. The van der Waals surface area contributed by atoms with Crippen molar-refractivity contribution in [3.63, 3.8) is 0 Å². The first-order valence-corrected chi connectivity index (χ1v) is 7.98. The molecule has 5 heteroatoms.